The molecule has 0 spiro atoms. The summed E-state index contributed by atoms with van der Waals surface area (Å²) in [5.74, 6) is -18.1. The Morgan fingerprint density at radius 1 is 0.361 bits per heavy atom. The number of halogens is 10. The Morgan fingerprint density at radius 2 is 0.917 bits per heavy atom. The summed E-state index contributed by atoms with van der Waals surface area (Å²) in [7, 11) is 0. The van der Waals surface area contributed by atoms with Gasteiger partial charge in [-0.25, -0.2) is 43.9 Å². The summed E-state index contributed by atoms with van der Waals surface area (Å²) in [4.78, 5) is 0. The zero-order valence-electron chi connectivity index (χ0n) is 17.4. The molecule has 0 aliphatic heterocycles. The molecule has 10 heteroatoms. The van der Waals surface area contributed by atoms with Crippen molar-refractivity contribution in [2.75, 3.05) is 0 Å². The van der Waals surface area contributed by atoms with E-state index >= 15 is 13.2 Å². The maximum atomic E-state index is 15.3. The molecular formula is C26H8F10. The van der Waals surface area contributed by atoms with Crippen LogP contribution in [0.15, 0.2) is 48.5 Å². The molecule has 0 amide bonds. The van der Waals surface area contributed by atoms with Crippen molar-refractivity contribution < 1.29 is 43.9 Å². The highest BCUT2D eigenvalue weighted by atomic mass is 19.2. The molecule has 0 heterocycles. The van der Waals surface area contributed by atoms with Crippen LogP contribution >= 0.6 is 0 Å². The van der Waals surface area contributed by atoms with E-state index in [0.29, 0.717) is 24.3 Å². The van der Waals surface area contributed by atoms with Gasteiger partial charge in [0.25, 0.3) is 0 Å². The molecule has 0 N–H and O–H groups in total. The first-order valence-corrected chi connectivity index (χ1v) is 10.0. The van der Waals surface area contributed by atoms with Gasteiger partial charge >= 0.3 is 0 Å². The van der Waals surface area contributed by atoms with Crippen molar-refractivity contribution in [1.29, 1.82) is 0 Å². The highest BCUT2D eigenvalue weighted by molar-refractivity contribution is 6.21. The summed E-state index contributed by atoms with van der Waals surface area (Å²) >= 11 is 0. The van der Waals surface area contributed by atoms with Gasteiger partial charge in [0, 0.05) is 27.3 Å². The summed E-state index contributed by atoms with van der Waals surface area (Å²) in [5, 5.41) is -3.21. The van der Waals surface area contributed by atoms with Crippen LogP contribution < -0.4 is 0 Å². The van der Waals surface area contributed by atoms with E-state index in [1.165, 1.54) is 0 Å². The van der Waals surface area contributed by atoms with Gasteiger partial charge in [0.15, 0.2) is 52.4 Å². The minimum atomic E-state index is -2.32. The van der Waals surface area contributed by atoms with Gasteiger partial charge in [-0.3, -0.25) is 0 Å². The SMILES string of the molecule is Fc1ccc(-c2c3cccc(F)c3c(-c3cc(F)c(F)c(F)c3)c3c(F)c(F)c(F)c(F)c23)cc1F. The Bertz CT molecular complexity index is 1720. The van der Waals surface area contributed by atoms with Crippen molar-refractivity contribution in [2.45, 2.75) is 0 Å². The van der Waals surface area contributed by atoms with Crippen LogP contribution in [0.1, 0.15) is 0 Å². The van der Waals surface area contributed by atoms with Gasteiger partial charge < -0.3 is 0 Å². The van der Waals surface area contributed by atoms with Crippen molar-refractivity contribution in [3.63, 3.8) is 0 Å². The molecule has 0 fully saturated rings. The van der Waals surface area contributed by atoms with Gasteiger partial charge in [0.1, 0.15) is 5.82 Å². The third-order valence-electron chi connectivity index (χ3n) is 5.78. The van der Waals surface area contributed by atoms with Crippen LogP contribution in [0.2, 0.25) is 0 Å². The largest absolute Gasteiger partial charge is 0.206 e. The molecule has 0 radical (unpaired) electrons. The number of benzene rings is 5. The molecule has 0 saturated heterocycles. The summed E-state index contributed by atoms with van der Waals surface area (Å²) in [6, 6.07) is 5.80. The normalized spacial score (nSPS) is 11.6. The fourth-order valence-corrected chi connectivity index (χ4v) is 4.29. The highest BCUT2D eigenvalue weighted by Gasteiger charge is 2.30. The molecule has 0 aromatic heterocycles. The fourth-order valence-electron chi connectivity index (χ4n) is 4.29. The van der Waals surface area contributed by atoms with Crippen LogP contribution in [0.25, 0.3) is 43.8 Å². The van der Waals surface area contributed by atoms with Gasteiger partial charge in [-0.1, -0.05) is 18.2 Å². The van der Waals surface area contributed by atoms with E-state index in [-0.39, 0.29) is 10.9 Å². The van der Waals surface area contributed by atoms with Crippen molar-refractivity contribution in [3.05, 3.63) is 107 Å². The summed E-state index contributed by atoms with van der Waals surface area (Å²) in [6.07, 6.45) is 0. The van der Waals surface area contributed by atoms with Gasteiger partial charge in [-0.15, -0.1) is 0 Å². The van der Waals surface area contributed by atoms with Crippen molar-refractivity contribution in [3.8, 4) is 22.3 Å². The third-order valence-corrected chi connectivity index (χ3v) is 5.78. The Balaban J connectivity index is 2.14. The number of hydrogen-bond acceptors (Lipinski definition) is 0. The lowest BCUT2D eigenvalue weighted by Crippen LogP contribution is -2.04. The predicted octanol–water partition coefficient (Wildman–Crippen LogP) is 8.72. The molecule has 5 rings (SSSR count). The molecule has 0 atom stereocenters. The van der Waals surface area contributed by atoms with E-state index in [4.69, 9.17) is 0 Å². The lowest BCUT2D eigenvalue weighted by molar-refractivity contribution is 0.418. The third kappa shape index (κ3) is 3.31. The van der Waals surface area contributed by atoms with Crippen LogP contribution in [0.4, 0.5) is 43.9 Å². The lowest BCUT2D eigenvalue weighted by Gasteiger charge is -2.20. The summed E-state index contributed by atoms with van der Waals surface area (Å²) < 4.78 is 144. The maximum absolute atomic E-state index is 15.3. The van der Waals surface area contributed by atoms with Crippen LogP contribution in [0.5, 0.6) is 0 Å². The number of rotatable bonds is 2. The van der Waals surface area contributed by atoms with E-state index in [0.717, 1.165) is 24.3 Å². The molecular weight excluding hydrogens is 502 g/mol. The Labute approximate surface area is 195 Å². The molecule has 0 nitrogen and oxygen atoms in total. The second kappa shape index (κ2) is 8.25. The minimum Gasteiger partial charge on any atom is -0.206 e. The molecule has 5 aromatic rings. The average molecular weight is 510 g/mol. The zero-order valence-corrected chi connectivity index (χ0v) is 17.4. The van der Waals surface area contributed by atoms with E-state index in [1.807, 2.05) is 0 Å². The highest BCUT2D eigenvalue weighted by Crippen LogP contribution is 2.47. The van der Waals surface area contributed by atoms with Gasteiger partial charge in [0.2, 0.25) is 0 Å². The summed E-state index contributed by atoms with van der Waals surface area (Å²) in [5.41, 5.74) is -2.48. The van der Waals surface area contributed by atoms with E-state index in [1.54, 1.807) is 0 Å². The lowest BCUT2D eigenvalue weighted by atomic mass is 9.85. The second-order valence-corrected chi connectivity index (χ2v) is 7.80. The zero-order chi connectivity index (χ0) is 26.0. The first-order valence-electron chi connectivity index (χ1n) is 10.0. The van der Waals surface area contributed by atoms with Crippen LogP contribution in [-0.4, -0.2) is 0 Å². The molecule has 0 unspecified atom stereocenters. The van der Waals surface area contributed by atoms with Gasteiger partial charge in [0.05, 0.1) is 0 Å². The van der Waals surface area contributed by atoms with Crippen molar-refractivity contribution in [2.24, 2.45) is 0 Å². The first-order chi connectivity index (χ1) is 17.0. The van der Waals surface area contributed by atoms with Gasteiger partial charge in [-0.2, -0.15) is 0 Å². The summed E-state index contributed by atoms with van der Waals surface area (Å²) in [6.45, 7) is 0. The van der Waals surface area contributed by atoms with Crippen LogP contribution in [0, 0.1) is 58.2 Å². The predicted molar refractivity (Wildman–Crippen MR) is 112 cm³/mol. The van der Waals surface area contributed by atoms with E-state index in [9.17, 15) is 30.7 Å². The first kappa shape index (κ1) is 23.7. The average Bonchev–Trinajstić information content (AvgIpc) is 2.85. The molecule has 5 aromatic carbocycles. The van der Waals surface area contributed by atoms with Crippen LogP contribution in [-0.2, 0) is 0 Å². The maximum Gasteiger partial charge on any atom is 0.198 e. The Morgan fingerprint density at radius 3 is 1.50 bits per heavy atom. The quantitative estimate of drug-likeness (QED) is 0.0965. The smallest absolute Gasteiger partial charge is 0.198 e. The van der Waals surface area contributed by atoms with E-state index < -0.39 is 91.0 Å². The van der Waals surface area contributed by atoms with Crippen LogP contribution in [0.3, 0.4) is 0 Å². The van der Waals surface area contributed by atoms with Crippen molar-refractivity contribution >= 4 is 21.5 Å². The second-order valence-electron chi connectivity index (χ2n) is 7.80. The Hall–Kier alpha value is -4.08. The molecule has 182 valence electrons. The molecule has 0 bridgehead atoms. The van der Waals surface area contributed by atoms with Crippen molar-refractivity contribution in [1.82, 2.24) is 0 Å². The standard InChI is InChI=1S/C26H8F10/c27-12-5-4-9(6-14(12)29)17-11-2-1-3-13(28)19(11)18(10-7-15(30)22(32)16(31)8-10)21-20(17)23(33)25(35)26(36)24(21)34/h1-8H. The Kier molecular flexibility index (Phi) is 5.42. The molecule has 0 aliphatic carbocycles. The molecule has 0 aliphatic rings. The molecule has 36 heavy (non-hydrogen) atoms. The monoisotopic (exact) mass is 510 g/mol. The number of fused-ring (bicyclic) bond motifs is 2. The topological polar surface area (TPSA) is 0 Å². The minimum absolute atomic E-state index is 0.342. The fraction of sp³-hybridized carbons (Fsp3) is 0. The van der Waals surface area contributed by atoms with E-state index in [2.05, 4.69) is 0 Å². The molecule has 0 saturated carbocycles. The number of hydrogen-bond donors (Lipinski definition) is 0. The van der Waals surface area contributed by atoms with Gasteiger partial charge in [-0.05, 0) is 46.8 Å².